The van der Waals surface area contributed by atoms with Crippen molar-refractivity contribution in [3.8, 4) is 11.4 Å². The van der Waals surface area contributed by atoms with Crippen molar-refractivity contribution < 1.29 is 0 Å². The molecule has 0 bridgehead atoms. The van der Waals surface area contributed by atoms with Gasteiger partial charge in [-0.1, -0.05) is 51.8 Å². The van der Waals surface area contributed by atoms with Gasteiger partial charge in [-0.25, -0.2) is 9.97 Å². The molecule has 0 atom stereocenters. The summed E-state index contributed by atoms with van der Waals surface area (Å²) in [5.74, 6) is 0.639. The van der Waals surface area contributed by atoms with Gasteiger partial charge in [0.25, 0.3) is 0 Å². The van der Waals surface area contributed by atoms with Crippen molar-refractivity contribution in [3.05, 3.63) is 58.2 Å². The summed E-state index contributed by atoms with van der Waals surface area (Å²) >= 11 is 9.63. The SMILES string of the molecule is Clc1nc(-c2cccc(Br)c2)nc2ccccc12. The van der Waals surface area contributed by atoms with Crippen molar-refractivity contribution in [1.29, 1.82) is 0 Å². The molecule has 0 spiro atoms. The second kappa shape index (κ2) is 4.67. The molecule has 0 radical (unpaired) electrons. The molecule has 1 heterocycles. The Kier molecular flexibility index (Phi) is 3.02. The molecule has 0 N–H and O–H groups in total. The maximum atomic E-state index is 6.19. The Morgan fingerprint density at radius 3 is 2.61 bits per heavy atom. The summed E-state index contributed by atoms with van der Waals surface area (Å²) in [5, 5.41) is 1.36. The first-order chi connectivity index (χ1) is 8.74. The molecule has 0 aliphatic carbocycles. The van der Waals surface area contributed by atoms with E-state index in [4.69, 9.17) is 11.6 Å². The van der Waals surface area contributed by atoms with Crippen LogP contribution in [0, 0.1) is 0 Å². The fraction of sp³-hybridized carbons (Fsp3) is 0. The second-order valence-corrected chi connectivity index (χ2v) is 5.14. The molecule has 88 valence electrons. The zero-order valence-electron chi connectivity index (χ0n) is 9.27. The van der Waals surface area contributed by atoms with Gasteiger partial charge in [0.1, 0.15) is 5.15 Å². The van der Waals surface area contributed by atoms with Gasteiger partial charge in [-0.2, -0.15) is 0 Å². The summed E-state index contributed by atoms with van der Waals surface area (Å²) in [6, 6.07) is 15.6. The van der Waals surface area contributed by atoms with E-state index in [-0.39, 0.29) is 0 Å². The summed E-state index contributed by atoms with van der Waals surface area (Å²) in [7, 11) is 0. The average molecular weight is 320 g/mol. The van der Waals surface area contributed by atoms with Gasteiger partial charge in [-0.05, 0) is 24.3 Å². The van der Waals surface area contributed by atoms with Crippen LogP contribution in [-0.4, -0.2) is 9.97 Å². The minimum absolute atomic E-state index is 0.482. The summed E-state index contributed by atoms with van der Waals surface area (Å²) in [4.78, 5) is 8.88. The van der Waals surface area contributed by atoms with Crippen LogP contribution in [0.25, 0.3) is 22.3 Å². The minimum Gasteiger partial charge on any atom is -0.228 e. The van der Waals surface area contributed by atoms with Crippen molar-refractivity contribution in [1.82, 2.24) is 9.97 Å². The number of hydrogen-bond donors (Lipinski definition) is 0. The van der Waals surface area contributed by atoms with Gasteiger partial charge in [0.15, 0.2) is 5.82 Å². The van der Waals surface area contributed by atoms with Gasteiger partial charge < -0.3 is 0 Å². The van der Waals surface area contributed by atoms with E-state index in [9.17, 15) is 0 Å². The van der Waals surface area contributed by atoms with E-state index < -0.39 is 0 Å². The lowest BCUT2D eigenvalue weighted by atomic mass is 10.2. The zero-order valence-corrected chi connectivity index (χ0v) is 11.6. The highest BCUT2D eigenvalue weighted by molar-refractivity contribution is 9.10. The number of fused-ring (bicyclic) bond motifs is 1. The molecule has 0 amide bonds. The largest absolute Gasteiger partial charge is 0.228 e. The molecule has 2 nitrogen and oxygen atoms in total. The Morgan fingerprint density at radius 1 is 0.944 bits per heavy atom. The fourth-order valence-electron chi connectivity index (χ4n) is 1.79. The topological polar surface area (TPSA) is 25.8 Å². The monoisotopic (exact) mass is 318 g/mol. The number of nitrogens with zero attached hydrogens (tertiary/aromatic N) is 2. The first-order valence-corrected chi connectivity index (χ1v) is 6.59. The number of benzene rings is 2. The number of halogens is 2. The van der Waals surface area contributed by atoms with Crippen LogP contribution < -0.4 is 0 Å². The summed E-state index contributed by atoms with van der Waals surface area (Å²) in [6.07, 6.45) is 0. The van der Waals surface area contributed by atoms with Gasteiger partial charge in [-0.3, -0.25) is 0 Å². The van der Waals surface area contributed by atoms with Gasteiger partial charge in [0.05, 0.1) is 5.52 Å². The molecule has 2 aromatic carbocycles. The van der Waals surface area contributed by atoms with Crippen molar-refractivity contribution in [2.45, 2.75) is 0 Å². The predicted molar refractivity (Wildman–Crippen MR) is 77.7 cm³/mol. The summed E-state index contributed by atoms with van der Waals surface area (Å²) in [6.45, 7) is 0. The molecule has 0 aliphatic rings. The highest BCUT2D eigenvalue weighted by Crippen LogP contribution is 2.25. The lowest BCUT2D eigenvalue weighted by Crippen LogP contribution is -1.91. The molecule has 0 saturated heterocycles. The standard InChI is InChI=1S/C14H8BrClN2/c15-10-5-3-4-9(8-10)14-17-12-7-2-1-6-11(12)13(16)18-14/h1-8H. The van der Waals surface area contributed by atoms with Crippen LogP contribution in [0.4, 0.5) is 0 Å². The van der Waals surface area contributed by atoms with Crippen molar-refractivity contribution in [3.63, 3.8) is 0 Å². The lowest BCUT2D eigenvalue weighted by molar-refractivity contribution is 1.23. The third-order valence-corrected chi connectivity index (χ3v) is 3.42. The predicted octanol–water partition coefficient (Wildman–Crippen LogP) is 4.71. The van der Waals surface area contributed by atoms with Gasteiger partial charge in [0.2, 0.25) is 0 Å². The lowest BCUT2D eigenvalue weighted by Gasteiger charge is -2.04. The molecule has 0 aliphatic heterocycles. The molecule has 3 aromatic rings. The molecule has 4 heteroatoms. The molecular formula is C14H8BrClN2. The van der Waals surface area contributed by atoms with Crippen LogP contribution in [0.5, 0.6) is 0 Å². The minimum atomic E-state index is 0.482. The number of aromatic nitrogens is 2. The smallest absolute Gasteiger partial charge is 0.161 e. The molecule has 0 fully saturated rings. The van der Waals surface area contributed by atoms with Gasteiger partial charge in [-0.15, -0.1) is 0 Å². The number of rotatable bonds is 1. The van der Waals surface area contributed by atoms with Crippen molar-refractivity contribution in [2.24, 2.45) is 0 Å². The Hall–Kier alpha value is -1.45. The molecule has 18 heavy (non-hydrogen) atoms. The third-order valence-electron chi connectivity index (χ3n) is 2.64. The molecule has 0 saturated carbocycles. The molecule has 0 unspecified atom stereocenters. The van der Waals surface area contributed by atoms with Crippen LogP contribution in [-0.2, 0) is 0 Å². The Labute approximate surface area is 118 Å². The first-order valence-electron chi connectivity index (χ1n) is 5.42. The van der Waals surface area contributed by atoms with Crippen LogP contribution in [0.2, 0.25) is 5.15 Å². The van der Waals surface area contributed by atoms with Crippen molar-refractivity contribution in [2.75, 3.05) is 0 Å². The summed E-state index contributed by atoms with van der Waals surface area (Å²) < 4.78 is 0.993. The molecular weight excluding hydrogens is 312 g/mol. The van der Waals surface area contributed by atoms with E-state index in [1.54, 1.807) is 0 Å². The average Bonchev–Trinajstić information content (AvgIpc) is 2.39. The number of para-hydroxylation sites is 1. The maximum absolute atomic E-state index is 6.19. The quantitative estimate of drug-likeness (QED) is 0.607. The van der Waals surface area contributed by atoms with Crippen LogP contribution in [0.15, 0.2) is 53.0 Å². The van der Waals surface area contributed by atoms with Crippen molar-refractivity contribution >= 4 is 38.4 Å². The number of hydrogen-bond acceptors (Lipinski definition) is 2. The zero-order chi connectivity index (χ0) is 12.5. The van der Waals surface area contributed by atoms with Crippen LogP contribution in [0.1, 0.15) is 0 Å². The van der Waals surface area contributed by atoms with E-state index in [0.717, 1.165) is 20.9 Å². The van der Waals surface area contributed by atoms with Crippen LogP contribution >= 0.6 is 27.5 Å². The van der Waals surface area contributed by atoms with E-state index in [2.05, 4.69) is 25.9 Å². The second-order valence-electron chi connectivity index (χ2n) is 3.87. The normalized spacial score (nSPS) is 10.8. The molecule has 3 rings (SSSR count). The summed E-state index contributed by atoms with van der Waals surface area (Å²) in [5.41, 5.74) is 1.80. The first kappa shape index (κ1) is 11.6. The Morgan fingerprint density at radius 2 is 1.78 bits per heavy atom. The highest BCUT2D eigenvalue weighted by Gasteiger charge is 2.07. The van der Waals surface area contributed by atoms with Gasteiger partial charge >= 0.3 is 0 Å². The third kappa shape index (κ3) is 2.11. The van der Waals surface area contributed by atoms with E-state index >= 15 is 0 Å². The molecule has 1 aromatic heterocycles. The van der Waals surface area contributed by atoms with Gasteiger partial charge in [0, 0.05) is 15.4 Å². The maximum Gasteiger partial charge on any atom is 0.161 e. The fourth-order valence-corrected chi connectivity index (χ4v) is 2.43. The Bertz CT molecular complexity index is 728. The van der Waals surface area contributed by atoms with E-state index in [0.29, 0.717) is 11.0 Å². The highest BCUT2D eigenvalue weighted by atomic mass is 79.9. The van der Waals surface area contributed by atoms with Crippen LogP contribution in [0.3, 0.4) is 0 Å². The Balaban J connectivity index is 2.24. The van der Waals surface area contributed by atoms with E-state index in [1.165, 1.54) is 0 Å². The van der Waals surface area contributed by atoms with E-state index in [1.807, 2.05) is 48.5 Å².